The van der Waals surface area contributed by atoms with Crippen LogP contribution in [-0.2, 0) is 0 Å². The van der Waals surface area contributed by atoms with Crippen molar-refractivity contribution >= 4 is 11.3 Å². The van der Waals surface area contributed by atoms with Crippen LogP contribution in [0.2, 0.25) is 0 Å². The number of ether oxygens (including phenoxy) is 1. The Labute approximate surface area is 83.3 Å². The molecule has 2 aromatic heterocycles. The number of thiophene rings is 1. The molecule has 74 valence electrons. The highest BCUT2D eigenvalue weighted by Crippen LogP contribution is 2.32. The molecule has 0 atom stereocenters. The second-order valence-corrected chi connectivity index (χ2v) is 3.41. The minimum atomic E-state index is -0.559. The molecule has 6 heteroatoms. The molecule has 2 aromatic rings. The summed E-state index contributed by atoms with van der Waals surface area (Å²) >= 11 is 1.44. The molecule has 0 saturated heterocycles. The molecule has 1 N–H and O–H groups in total. The van der Waals surface area contributed by atoms with Crippen LogP contribution in [0.5, 0.6) is 5.75 Å². The van der Waals surface area contributed by atoms with Crippen molar-refractivity contribution in [3.8, 4) is 16.5 Å². The third kappa shape index (κ3) is 1.56. The van der Waals surface area contributed by atoms with Crippen molar-refractivity contribution in [1.29, 1.82) is 0 Å². The van der Waals surface area contributed by atoms with Gasteiger partial charge in [-0.1, -0.05) is 5.16 Å². The molecule has 2 rings (SSSR count). The maximum atomic E-state index is 10.7. The second kappa shape index (κ2) is 3.67. The molecule has 0 amide bonds. The first-order chi connectivity index (χ1) is 6.81. The summed E-state index contributed by atoms with van der Waals surface area (Å²) in [6, 6.07) is 1.83. The van der Waals surface area contributed by atoms with E-state index in [4.69, 9.17) is 4.74 Å². The summed E-state index contributed by atoms with van der Waals surface area (Å²) in [5.41, 5.74) is 0. The Hall–Kier alpha value is -1.56. The number of aromatic nitrogens is 2. The zero-order valence-electron chi connectivity index (χ0n) is 7.44. The molecule has 0 fully saturated rings. The number of nitrogens with one attached hydrogen (secondary N) is 1. The van der Waals surface area contributed by atoms with Crippen molar-refractivity contribution < 1.29 is 9.26 Å². The van der Waals surface area contributed by atoms with Crippen LogP contribution in [0.4, 0.5) is 0 Å². The van der Waals surface area contributed by atoms with Crippen LogP contribution in [0.1, 0.15) is 6.92 Å². The van der Waals surface area contributed by atoms with Gasteiger partial charge in [-0.25, -0.2) is 4.79 Å². The van der Waals surface area contributed by atoms with Crippen molar-refractivity contribution in [2.75, 3.05) is 6.61 Å². The maximum Gasteiger partial charge on any atom is 0.439 e. The van der Waals surface area contributed by atoms with E-state index in [9.17, 15) is 4.79 Å². The van der Waals surface area contributed by atoms with Gasteiger partial charge in [0.05, 0.1) is 6.61 Å². The summed E-state index contributed by atoms with van der Waals surface area (Å²) in [7, 11) is 0. The highest BCUT2D eigenvalue weighted by molar-refractivity contribution is 7.13. The largest absolute Gasteiger partial charge is 0.492 e. The summed E-state index contributed by atoms with van der Waals surface area (Å²) in [5, 5.41) is 5.46. The average molecular weight is 212 g/mol. The first kappa shape index (κ1) is 9.01. The van der Waals surface area contributed by atoms with Gasteiger partial charge in [0, 0.05) is 0 Å². The molecule has 0 saturated carbocycles. The molecular formula is C8H8N2O3S. The number of H-pyrrole nitrogens is 1. The van der Waals surface area contributed by atoms with Crippen LogP contribution in [-0.4, -0.2) is 16.7 Å². The molecule has 14 heavy (non-hydrogen) atoms. The van der Waals surface area contributed by atoms with E-state index in [1.54, 1.807) is 0 Å². The van der Waals surface area contributed by atoms with Gasteiger partial charge in [0.2, 0.25) is 0 Å². The number of hydrogen-bond acceptors (Lipinski definition) is 5. The number of rotatable bonds is 3. The summed E-state index contributed by atoms with van der Waals surface area (Å²) in [5.74, 6) is 0.561. The molecule has 0 aromatic carbocycles. The van der Waals surface area contributed by atoms with E-state index in [2.05, 4.69) is 14.7 Å². The van der Waals surface area contributed by atoms with E-state index < -0.39 is 5.76 Å². The lowest BCUT2D eigenvalue weighted by Crippen LogP contribution is -1.95. The molecule has 5 nitrogen and oxygen atoms in total. The highest BCUT2D eigenvalue weighted by atomic mass is 32.1. The number of aromatic amines is 1. The first-order valence-corrected chi connectivity index (χ1v) is 4.96. The van der Waals surface area contributed by atoms with Crippen LogP contribution in [0.3, 0.4) is 0 Å². The fraction of sp³-hybridized carbons (Fsp3) is 0.250. The van der Waals surface area contributed by atoms with Gasteiger partial charge in [0.25, 0.3) is 0 Å². The summed E-state index contributed by atoms with van der Waals surface area (Å²) in [4.78, 5) is 14.0. The van der Waals surface area contributed by atoms with E-state index in [0.717, 1.165) is 4.88 Å². The Kier molecular flexibility index (Phi) is 2.36. The lowest BCUT2D eigenvalue weighted by atomic mass is 10.4. The quantitative estimate of drug-likeness (QED) is 0.836. The molecule has 0 aliphatic carbocycles. The average Bonchev–Trinajstić information content (AvgIpc) is 2.74. The standard InChI is InChI=1S/C8H8N2O3S/c1-2-12-5-3-4-14-6(5)7-9-8(11)13-10-7/h3-4H,2H2,1H3,(H,9,10,11). The topological polar surface area (TPSA) is 68.1 Å². The van der Waals surface area contributed by atoms with Gasteiger partial charge in [-0.05, 0) is 18.4 Å². The Morgan fingerprint density at radius 2 is 2.57 bits per heavy atom. The van der Waals surface area contributed by atoms with Gasteiger partial charge in [-0.15, -0.1) is 11.3 Å². The molecule has 2 heterocycles. The van der Waals surface area contributed by atoms with E-state index >= 15 is 0 Å². The zero-order valence-corrected chi connectivity index (χ0v) is 8.26. The van der Waals surface area contributed by atoms with Crippen molar-refractivity contribution in [3.05, 3.63) is 22.0 Å². The Morgan fingerprint density at radius 1 is 1.71 bits per heavy atom. The molecular weight excluding hydrogens is 204 g/mol. The van der Waals surface area contributed by atoms with Gasteiger partial charge in [-0.3, -0.25) is 9.51 Å². The van der Waals surface area contributed by atoms with Crippen molar-refractivity contribution in [3.63, 3.8) is 0 Å². The van der Waals surface area contributed by atoms with Gasteiger partial charge >= 0.3 is 5.76 Å². The summed E-state index contributed by atoms with van der Waals surface area (Å²) in [6.45, 7) is 2.47. The fourth-order valence-electron chi connectivity index (χ4n) is 1.07. The smallest absolute Gasteiger partial charge is 0.439 e. The van der Waals surface area contributed by atoms with Gasteiger partial charge < -0.3 is 4.74 Å². The Morgan fingerprint density at radius 3 is 3.21 bits per heavy atom. The predicted molar refractivity (Wildman–Crippen MR) is 51.6 cm³/mol. The monoisotopic (exact) mass is 212 g/mol. The molecule has 0 spiro atoms. The van der Waals surface area contributed by atoms with Crippen LogP contribution in [0.15, 0.2) is 20.8 Å². The highest BCUT2D eigenvalue weighted by Gasteiger charge is 2.12. The third-order valence-corrected chi connectivity index (χ3v) is 2.49. The molecule has 0 aliphatic rings. The SMILES string of the molecule is CCOc1ccsc1-c1noc(=O)[nH]1. The van der Waals surface area contributed by atoms with Gasteiger partial charge in [0.1, 0.15) is 10.6 Å². The van der Waals surface area contributed by atoms with Gasteiger partial charge in [-0.2, -0.15) is 0 Å². The molecule has 0 aliphatic heterocycles. The van der Waals surface area contributed by atoms with E-state index in [1.807, 2.05) is 18.4 Å². The maximum absolute atomic E-state index is 10.7. The third-order valence-electron chi connectivity index (χ3n) is 1.58. The molecule has 0 bridgehead atoms. The molecule has 0 radical (unpaired) electrons. The number of hydrogen-bond donors (Lipinski definition) is 1. The van der Waals surface area contributed by atoms with E-state index in [0.29, 0.717) is 18.2 Å². The fourth-order valence-corrected chi connectivity index (χ4v) is 1.84. The van der Waals surface area contributed by atoms with Crippen molar-refractivity contribution in [2.45, 2.75) is 6.92 Å². The zero-order chi connectivity index (χ0) is 9.97. The second-order valence-electron chi connectivity index (χ2n) is 2.49. The lowest BCUT2D eigenvalue weighted by Gasteiger charge is -2.00. The lowest BCUT2D eigenvalue weighted by molar-refractivity contribution is 0.342. The first-order valence-electron chi connectivity index (χ1n) is 4.08. The van der Waals surface area contributed by atoms with E-state index in [-0.39, 0.29) is 0 Å². The number of nitrogens with zero attached hydrogens (tertiary/aromatic N) is 1. The van der Waals surface area contributed by atoms with Crippen molar-refractivity contribution in [1.82, 2.24) is 10.1 Å². The Balaban J connectivity index is 2.40. The minimum absolute atomic E-state index is 0.411. The van der Waals surface area contributed by atoms with Crippen LogP contribution in [0, 0.1) is 0 Å². The normalized spacial score (nSPS) is 10.4. The van der Waals surface area contributed by atoms with Crippen LogP contribution in [0.25, 0.3) is 10.7 Å². The predicted octanol–water partition coefficient (Wildman–Crippen LogP) is 1.49. The summed E-state index contributed by atoms with van der Waals surface area (Å²) in [6.07, 6.45) is 0. The van der Waals surface area contributed by atoms with Crippen LogP contribution < -0.4 is 10.5 Å². The molecule has 0 unspecified atom stereocenters. The minimum Gasteiger partial charge on any atom is -0.492 e. The van der Waals surface area contributed by atoms with Crippen molar-refractivity contribution in [2.24, 2.45) is 0 Å². The Bertz CT molecular complexity index is 471. The summed E-state index contributed by atoms with van der Waals surface area (Å²) < 4.78 is 9.76. The van der Waals surface area contributed by atoms with Crippen LogP contribution >= 0.6 is 11.3 Å². The van der Waals surface area contributed by atoms with Gasteiger partial charge in [0.15, 0.2) is 5.82 Å². The van der Waals surface area contributed by atoms with E-state index in [1.165, 1.54) is 11.3 Å².